The summed E-state index contributed by atoms with van der Waals surface area (Å²) in [5, 5.41) is 2.08. The summed E-state index contributed by atoms with van der Waals surface area (Å²) in [6.07, 6.45) is 0.947. The van der Waals surface area contributed by atoms with Crippen molar-refractivity contribution < 1.29 is 14.8 Å². The summed E-state index contributed by atoms with van der Waals surface area (Å²) in [6.45, 7) is 3.34. The predicted octanol–water partition coefficient (Wildman–Crippen LogP) is 2.67. The molecule has 0 unspecified atom stereocenters. The van der Waals surface area contributed by atoms with E-state index in [0.717, 1.165) is 34.4 Å². The van der Waals surface area contributed by atoms with Gasteiger partial charge >= 0.3 is 0 Å². The minimum absolute atomic E-state index is 0.166. The molecule has 2 aromatic rings. The van der Waals surface area contributed by atoms with Crippen LogP contribution in [0.15, 0.2) is 46.9 Å². The molecule has 1 atom stereocenters. The second-order valence-electron chi connectivity index (χ2n) is 6.05. The molecule has 24 heavy (non-hydrogen) atoms. The Labute approximate surface area is 150 Å². The number of methoxy groups -OCH3 is 1. The van der Waals surface area contributed by atoms with Crippen LogP contribution in [0.2, 0.25) is 0 Å². The largest absolute Gasteiger partial charge is 0.496 e. The standard InChI is InChI=1S/C19H21BrN2O2/c1-13(15-7-8-18(24-2)16(20)11-15)21-12-19(23)22-10-9-14-5-3-4-6-17(14)22/h3-8,11,13,21H,9-10,12H2,1-2H3/p+1/t13-/m1/s1. The number of anilines is 1. The molecule has 0 aromatic heterocycles. The average Bonchev–Trinajstić information content (AvgIpc) is 3.03. The van der Waals surface area contributed by atoms with Gasteiger partial charge in [-0.1, -0.05) is 18.2 Å². The Morgan fingerprint density at radius 1 is 1.33 bits per heavy atom. The highest BCUT2D eigenvalue weighted by Crippen LogP contribution is 2.28. The fourth-order valence-electron chi connectivity index (χ4n) is 3.09. The van der Waals surface area contributed by atoms with E-state index >= 15 is 0 Å². The molecule has 1 aliphatic rings. The molecule has 126 valence electrons. The van der Waals surface area contributed by atoms with Crippen molar-refractivity contribution in [3.05, 3.63) is 58.1 Å². The number of nitrogens with two attached hydrogens (primary N) is 1. The Kier molecular flexibility index (Phi) is 5.21. The van der Waals surface area contributed by atoms with Crippen molar-refractivity contribution in [1.82, 2.24) is 0 Å². The SMILES string of the molecule is COc1ccc([C@@H](C)[NH2+]CC(=O)N2CCc3ccccc32)cc1Br. The van der Waals surface area contributed by atoms with Gasteiger partial charge in [0.2, 0.25) is 0 Å². The van der Waals surface area contributed by atoms with Crippen LogP contribution in [-0.4, -0.2) is 26.1 Å². The molecule has 0 fully saturated rings. The summed E-state index contributed by atoms with van der Waals surface area (Å²) in [5.41, 5.74) is 3.49. The lowest BCUT2D eigenvalue weighted by atomic mass is 10.1. The molecule has 5 heteroatoms. The van der Waals surface area contributed by atoms with Crippen LogP contribution in [0, 0.1) is 0 Å². The van der Waals surface area contributed by atoms with Gasteiger partial charge < -0.3 is 15.0 Å². The van der Waals surface area contributed by atoms with E-state index in [4.69, 9.17) is 4.74 Å². The second kappa shape index (κ2) is 7.36. The number of rotatable bonds is 5. The van der Waals surface area contributed by atoms with Crippen molar-refractivity contribution in [1.29, 1.82) is 0 Å². The molecule has 1 heterocycles. The van der Waals surface area contributed by atoms with E-state index in [-0.39, 0.29) is 11.9 Å². The van der Waals surface area contributed by atoms with Gasteiger partial charge in [0.25, 0.3) is 5.91 Å². The summed E-state index contributed by atoms with van der Waals surface area (Å²) >= 11 is 3.51. The molecule has 1 aliphatic heterocycles. The van der Waals surface area contributed by atoms with E-state index in [1.807, 2.05) is 35.2 Å². The molecule has 2 N–H and O–H groups in total. The van der Waals surface area contributed by atoms with Gasteiger partial charge in [-0.15, -0.1) is 0 Å². The van der Waals surface area contributed by atoms with E-state index in [1.165, 1.54) is 5.56 Å². The Bertz CT molecular complexity index is 748. The minimum Gasteiger partial charge on any atom is -0.496 e. The first-order valence-electron chi connectivity index (χ1n) is 8.15. The summed E-state index contributed by atoms with van der Waals surface area (Å²) in [6, 6.07) is 14.4. The second-order valence-corrected chi connectivity index (χ2v) is 6.90. The van der Waals surface area contributed by atoms with Gasteiger partial charge in [0.1, 0.15) is 11.8 Å². The van der Waals surface area contributed by atoms with Crippen LogP contribution in [0.4, 0.5) is 5.69 Å². The van der Waals surface area contributed by atoms with Crippen LogP contribution in [-0.2, 0) is 11.2 Å². The maximum atomic E-state index is 12.6. The lowest BCUT2D eigenvalue weighted by Gasteiger charge is -2.18. The first-order valence-corrected chi connectivity index (χ1v) is 8.94. The summed E-state index contributed by atoms with van der Waals surface area (Å²) in [4.78, 5) is 14.5. The van der Waals surface area contributed by atoms with Crippen LogP contribution < -0.4 is 15.0 Å². The third kappa shape index (κ3) is 3.47. The number of benzene rings is 2. The zero-order valence-electron chi connectivity index (χ0n) is 14.0. The molecule has 4 nitrogen and oxygen atoms in total. The maximum absolute atomic E-state index is 12.6. The molecule has 0 saturated heterocycles. The average molecular weight is 390 g/mol. The highest BCUT2D eigenvalue weighted by Gasteiger charge is 2.25. The quantitative estimate of drug-likeness (QED) is 0.854. The summed E-state index contributed by atoms with van der Waals surface area (Å²) in [7, 11) is 1.65. The lowest BCUT2D eigenvalue weighted by Crippen LogP contribution is -2.87. The molecule has 1 amide bonds. The van der Waals surface area contributed by atoms with Crippen LogP contribution in [0.25, 0.3) is 0 Å². The van der Waals surface area contributed by atoms with Gasteiger partial charge in [0.15, 0.2) is 6.54 Å². The van der Waals surface area contributed by atoms with Crippen molar-refractivity contribution >= 4 is 27.5 Å². The van der Waals surface area contributed by atoms with Crippen LogP contribution >= 0.6 is 15.9 Å². The highest BCUT2D eigenvalue weighted by atomic mass is 79.9. The van der Waals surface area contributed by atoms with Crippen LogP contribution in [0.1, 0.15) is 24.1 Å². The number of quaternary nitrogens is 1. The van der Waals surface area contributed by atoms with Crippen molar-refractivity contribution in [2.24, 2.45) is 0 Å². The number of hydrogen-bond acceptors (Lipinski definition) is 2. The molecule has 0 bridgehead atoms. The number of nitrogens with zero attached hydrogens (tertiary/aromatic N) is 1. The molecule has 3 rings (SSSR count). The topological polar surface area (TPSA) is 46.1 Å². The van der Waals surface area contributed by atoms with Crippen molar-refractivity contribution in [2.45, 2.75) is 19.4 Å². The number of carbonyl (C=O) groups excluding carboxylic acids is 1. The Balaban J connectivity index is 1.61. The van der Waals surface area contributed by atoms with E-state index in [0.29, 0.717) is 6.54 Å². The van der Waals surface area contributed by atoms with Crippen molar-refractivity contribution in [3.8, 4) is 5.75 Å². The first-order chi connectivity index (χ1) is 11.6. The van der Waals surface area contributed by atoms with E-state index in [9.17, 15) is 4.79 Å². The fraction of sp³-hybridized carbons (Fsp3) is 0.316. The maximum Gasteiger partial charge on any atom is 0.282 e. The first kappa shape index (κ1) is 17.0. The number of para-hydroxylation sites is 1. The smallest absolute Gasteiger partial charge is 0.282 e. The Morgan fingerprint density at radius 2 is 2.12 bits per heavy atom. The lowest BCUT2D eigenvalue weighted by molar-refractivity contribution is -0.682. The van der Waals surface area contributed by atoms with Crippen molar-refractivity contribution in [3.63, 3.8) is 0 Å². The normalized spacial score (nSPS) is 14.4. The molecular weight excluding hydrogens is 368 g/mol. The number of amides is 1. The molecule has 0 radical (unpaired) electrons. The van der Waals surface area contributed by atoms with E-state index in [2.05, 4.69) is 40.3 Å². The zero-order chi connectivity index (χ0) is 17.1. The summed E-state index contributed by atoms with van der Waals surface area (Å²) < 4.78 is 6.19. The monoisotopic (exact) mass is 389 g/mol. The number of ether oxygens (including phenoxy) is 1. The van der Waals surface area contributed by atoms with Crippen LogP contribution in [0.3, 0.4) is 0 Å². The molecule has 0 saturated carbocycles. The summed E-state index contributed by atoms with van der Waals surface area (Å²) in [5.74, 6) is 0.982. The predicted molar refractivity (Wildman–Crippen MR) is 98.4 cm³/mol. The Morgan fingerprint density at radius 3 is 2.88 bits per heavy atom. The van der Waals surface area contributed by atoms with Crippen molar-refractivity contribution in [2.75, 3.05) is 25.1 Å². The number of carbonyl (C=O) groups is 1. The van der Waals surface area contributed by atoms with Gasteiger partial charge in [0.05, 0.1) is 11.6 Å². The zero-order valence-corrected chi connectivity index (χ0v) is 15.5. The van der Waals surface area contributed by atoms with Gasteiger partial charge in [0, 0.05) is 17.8 Å². The molecular formula is C19H22BrN2O2+. The number of hydrogen-bond donors (Lipinski definition) is 1. The molecule has 2 aromatic carbocycles. The number of halogens is 1. The van der Waals surface area contributed by atoms with Gasteiger partial charge in [-0.25, -0.2) is 0 Å². The minimum atomic E-state index is 0.166. The molecule has 0 spiro atoms. The fourth-order valence-corrected chi connectivity index (χ4v) is 3.65. The third-order valence-corrected chi connectivity index (χ3v) is 5.16. The van der Waals surface area contributed by atoms with E-state index < -0.39 is 0 Å². The van der Waals surface area contributed by atoms with Crippen LogP contribution in [0.5, 0.6) is 5.75 Å². The number of fused-ring (bicyclic) bond motifs is 1. The third-order valence-electron chi connectivity index (χ3n) is 4.54. The van der Waals surface area contributed by atoms with Gasteiger partial charge in [-0.2, -0.15) is 0 Å². The van der Waals surface area contributed by atoms with Gasteiger partial charge in [-0.05, 0) is 59.1 Å². The Hall–Kier alpha value is -1.85. The van der Waals surface area contributed by atoms with E-state index in [1.54, 1.807) is 7.11 Å². The highest BCUT2D eigenvalue weighted by molar-refractivity contribution is 9.10. The molecule has 0 aliphatic carbocycles. The van der Waals surface area contributed by atoms with Gasteiger partial charge in [-0.3, -0.25) is 4.79 Å².